The zero-order valence-corrected chi connectivity index (χ0v) is 10.6. The van der Waals surface area contributed by atoms with Gasteiger partial charge in [0, 0.05) is 18.3 Å². The molecule has 0 radical (unpaired) electrons. The zero-order valence-electron chi connectivity index (χ0n) is 10.6. The van der Waals surface area contributed by atoms with Gasteiger partial charge in [-0.3, -0.25) is 9.48 Å². The van der Waals surface area contributed by atoms with Crippen LogP contribution < -0.4 is 5.32 Å². The molecule has 0 aliphatic carbocycles. The maximum absolute atomic E-state index is 11.7. The summed E-state index contributed by atoms with van der Waals surface area (Å²) in [6.07, 6.45) is 3.68. The Morgan fingerprint density at radius 3 is 2.72 bits per heavy atom. The van der Waals surface area contributed by atoms with E-state index in [-0.39, 0.29) is 11.9 Å². The number of benzene rings is 1. The first-order valence-corrected chi connectivity index (χ1v) is 6.09. The fraction of sp³-hybridized carbons (Fsp3) is 0.286. The average Bonchev–Trinajstić information content (AvgIpc) is 2.89. The predicted octanol–water partition coefficient (Wildman–Crippen LogP) is 2.25. The van der Waals surface area contributed by atoms with E-state index in [0.717, 1.165) is 11.1 Å². The van der Waals surface area contributed by atoms with Crippen molar-refractivity contribution in [3.8, 4) is 11.1 Å². The fourth-order valence-electron chi connectivity index (χ4n) is 1.77. The first kappa shape index (κ1) is 12.4. The molecular weight excluding hydrogens is 226 g/mol. The third-order valence-corrected chi connectivity index (χ3v) is 2.84. The van der Waals surface area contributed by atoms with Crippen LogP contribution in [0.15, 0.2) is 42.7 Å². The molecule has 94 valence electrons. The van der Waals surface area contributed by atoms with Crippen LogP contribution in [0.2, 0.25) is 0 Å². The number of hydrogen-bond donors (Lipinski definition) is 1. The highest BCUT2D eigenvalue weighted by atomic mass is 16.2. The summed E-state index contributed by atoms with van der Waals surface area (Å²) < 4.78 is 1.69. The van der Waals surface area contributed by atoms with Gasteiger partial charge in [0.1, 0.15) is 6.04 Å². The lowest BCUT2D eigenvalue weighted by atomic mass is 10.1. The van der Waals surface area contributed by atoms with Crippen molar-refractivity contribution in [2.45, 2.75) is 19.9 Å². The molecule has 1 atom stereocenters. The second kappa shape index (κ2) is 5.49. The van der Waals surface area contributed by atoms with Crippen LogP contribution >= 0.6 is 0 Å². The Balaban J connectivity index is 2.18. The highest BCUT2D eigenvalue weighted by molar-refractivity contribution is 5.79. The van der Waals surface area contributed by atoms with Crippen molar-refractivity contribution >= 4 is 5.91 Å². The van der Waals surface area contributed by atoms with E-state index in [2.05, 4.69) is 10.4 Å². The van der Waals surface area contributed by atoms with Gasteiger partial charge >= 0.3 is 0 Å². The van der Waals surface area contributed by atoms with E-state index in [9.17, 15) is 4.79 Å². The first-order chi connectivity index (χ1) is 8.72. The standard InChI is InChI=1S/C14H17N3O/c1-3-15-14(18)11(2)17-10-13(9-16-17)12-7-5-4-6-8-12/h4-11H,3H2,1-2H3,(H,15,18)/t11-/m0/s1. The molecule has 0 aliphatic rings. The molecule has 0 unspecified atom stereocenters. The second-order valence-corrected chi connectivity index (χ2v) is 4.15. The topological polar surface area (TPSA) is 46.9 Å². The SMILES string of the molecule is CCNC(=O)[C@H](C)n1cc(-c2ccccc2)cn1. The molecule has 0 aliphatic heterocycles. The lowest BCUT2D eigenvalue weighted by Crippen LogP contribution is -2.30. The number of aromatic nitrogens is 2. The van der Waals surface area contributed by atoms with Crippen molar-refractivity contribution in [3.63, 3.8) is 0 Å². The summed E-state index contributed by atoms with van der Waals surface area (Å²) >= 11 is 0. The molecule has 18 heavy (non-hydrogen) atoms. The summed E-state index contributed by atoms with van der Waals surface area (Å²) in [5.41, 5.74) is 2.12. The number of nitrogens with zero attached hydrogens (tertiary/aromatic N) is 2. The van der Waals surface area contributed by atoms with Gasteiger partial charge in [0.2, 0.25) is 5.91 Å². The highest BCUT2D eigenvalue weighted by Crippen LogP contribution is 2.19. The van der Waals surface area contributed by atoms with E-state index in [1.165, 1.54) is 0 Å². The molecular formula is C14H17N3O. The van der Waals surface area contributed by atoms with Gasteiger partial charge in [-0.15, -0.1) is 0 Å². The van der Waals surface area contributed by atoms with Gasteiger partial charge in [0.25, 0.3) is 0 Å². The van der Waals surface area contributed by atoms with E-state index in [1.807, 2.05) is 50.4 Å². The molecule has 2 rings (SSSR count). The fourth-order valence-corrected chi connectivity index (χ4v) is 1.77. The van der Waals surface area contributed by atoms with Crippen molar-refractivity contribution in [2.24, 2.45) is 0 Å². The molecule has 4 nitrogen and oxygen atoms in total. The summed E-state index contributed by atoms with van der Waals surface area (Å²) in [5.74, 6) is -0.0137. The van der Waals surface area contributed by atoms with E-state index in [4.69, 9.17) is 0 Å². The normalized spacial score (nSPS) is 12.1. The van der Waals surface area contributed by atoms with E-state index in [1.54, 1.807) is 10.9 Å². The predicted molar refractivity (Wildman–Crippen MR) is 71.1 cm³/mol. The Morgan fingerprint density at radius 2 is 2.06 bits per heavy atom. The molecule has 0 saturated heterocycles. The van der Waals surface area contributed by atoms with E-state index < -0.39 is 0 Å². The van der Waals surface area contributed by atoms with Gasteiger partial charge in [0.15, 0.2) is 0 Å². The summed E-state index contributed by atoms with van der Waals surface area (Å²) in [4.78, 5) is 11.7. The highest BCUT2D eigenvalue weighted by Gasteiger charge is 2.15. The van der Waals surface area contributed by atoms with Crippen LogP contribution in [0.4, 0.5) is 0 Å². The zero-order chi connectivity index (χ0) is 13.0. The lowest BCUT2D eigenvalue weighted by molar-refractivity contribution is -0.124. The summed E-state index contributed by atoms with van der Waals surface area (Å²) in [6.45, 7) is 4.38. The second-order valence-electron chi connectivity index (χ2n) is 4.15. The van der Waals surface area contributed by atoms with Crippen LogP contribution in [-0.4, -0.2) is 22.2 Å². The first-order valence-electron chi connectivity index (χ1n) is 6.09. The van der Waals surface area contributed by atoms with E-state index >= 15 is 0 Å². The third-order valence-electron chi connectivity index (χ3n) is 2.84. The molecule has 0 fully saturated rings. The molecule has 1 aromatic carbocycles. The maximum Gasteiger partial charge on any atom is 0.244 e. The van der Waals surface area contributed by atoms with Crippen molar-refractivity contribution in [2.75, 3.05) is 6.54 Å². The molecule has 1 heterocycles. The Hall–Kier alpha value is -2.10. The van der Waals surface area contributed by atoms with Crippen LogP contribution in [0, 0.1) is 0 Å². The maximum atomic E-state index is 11.7. The quantitative estimate of drug-likeness (QED) is 0.895. The molecule has 4 heteroatoms. The summed E-state index contributed by atoms with van der Waals surface area (Å²) in [5, 5.41) is 7.04. The molecule has 2 aromatic rings. The Morgan fingerprint density at radius 1 is 1.33 bits per heavy atom. The van der Waals surface area contributed by atoms with Crippen LogP contribution in [0.25, 0.3) is 11.1 Å². The molecule has 0 bridgehead atoms. The van der Waals surface area contributed by atoms with Crippen LogP contribution in [0.5, 0.6) is 0 Å². The summed E-state index contributed by atoms with van der Waals surface area (Å²) in [7, 11) is 0. The minimum Gasteiger partial charge on any atom is -0.355 e. The van der Waals surface area contributed by atoms with Gasteiger partial charge < -0.3 is 5.32 Å². The number of rotatable bonds is 4. The van der Waals surface area contributed by atoms with Crippen LogP contribution in [0.3, 0.4) is 0 Å². The minimum atomic E-state index is -0.289. The van der Waals surface area contributed by atoms with Gasteiger partial charge in [-0.05, 0) is 19.4 Å². The Labute approximate surface area is 107 Å². The van der Waals surface area contributed by atoms with Crippen molar-refractivity contribution < 1.29 is 4.79 Å². The summed E-state index contributed by atoms with van der Waals surface area (Å²) in [6, 6.07) is 9.71. The van der Waals surface area contributed by atoms with Crippen LogP contribution in [-0.2, 0) is 4.79 Å². The Bertz CT molecular complexity index is 519. The van der Waals surface area contributed by atoms with Crippen LogP contribution in [0.1, 0.15) is 19.9 Å². The molecule has 1 aromatic heterocycles. The number of likely N-dealkylation sites (N-methyl/N-ethyl adjacent to an activating group) is 1. The van der Waals surface area contributed by atoms with Gasteiger partial charge in [-0.1, -0.05) is 30.3 Å². The smallest absolute Gasteiger partial charge is 0.244 e. The molecule has 0 spiro atoms. The van der Waals surface area contributed by atoms with Gasteiger partial charge in [-0.25, -0.2) is 0 Å². The largest absolute Gasteiger partial charge is 0.355 e. The third kappa shape index (κ3) is 2.59. The Kier molecular flexibility index (Phi) is 3.77. The number of nitrogens with one attached hydrogen (secondary N) is 1. The van der Waals surface area contributed by atoms with Crippen molar-refractivity contribution in [1.82, 2.24) is 15.1 Å². The number of carbonyl (C=O) groups excluding carboxylic acids is 1. The monoisotopic (exact) mass is 243 g/mol. The number of hydrogen-bond acceptors (Lipinski definition) is 2. The number of amides is 1. The van der Waals surface area contributed by atoms with Crippen molar-refractivity contribution in [3.05, 3.63) is 42.7 Å². The lowest BCUT2D eigenvalue weighted by Gasteiger charge is -2.11. The molecule has 1 N–H and O–H groups in total. The van der Waals surface area contributed by atoms with Gasteiger partial charge in [-0.2, -0.15) is 5.10 Å². The number of carbonyl (C=O) groups is 1. The average molecular weight is 243 g/mol. The molecule has 1 amide bonds. The van der Waals surface area contributed by atoms with E-state index in [0.29, 0.717) is 6.54 Å². The van der Waals surface area contributed by atoms with Crippen molar-refractivity contribution in [1.29, 1.82) is 0 Å². The minimum absolute atomic E-state index is 0.0137. The molecule has 0 saturated carbocycles. The van der Waals surface area contributed by atoms with Gasteiger partial charge in [0.05, 0.1) is 6.20 Å².